The van der Waals surface area contributed by atoms with Gasteiger partial charge in [-0.05, 0) is 41.6 Å². The van der Waals surface area contributed by atoms with E-state index in [1.54, 1.807) is 24.4 Å². The number of aromatic amines is 1. The summed E-state index contributed by atoms with van der Waals surface area (Å²) in [6.07, 6.45) is 1.73. The maximum atomic E-state index is 13.8. The van der Waals surface area contributed by atoms with Gasteiger partial charge in [0.05, 0.1) is 18.1 Å². The van der Waals surface area contributed by atoms with Crippen LogP contribution < -0.4 is 0 Å². The maximum Gasteiger partial charge on any atom is 0.277 e. The summed E-state index contributed by atoms with van der Waals surface area (Å²) in [6.45, 7) is 1.34. The Kier molecular flexibility index (Phi) is 7.05. The molecule has 0 spiro atoms. The number of ether oxygens (including phenoxy) is 1. The molecule has 1 aliphatic heterocycles. The average molecular weight is 561 g/mol. The third-order valence-electron chi connectivity index (χ3n) is 6.51. The Labute approximate surface area is 229 Å². The second kappa shape index (κ2) is 10.8. The molecule has 0 unspecified atom stereocenters. The van der Waals surface area contributed by atoms with Crippen LogP contribution in [-0.4, -0.2) is 60.0 Å². The van der Waals surface area contributed by atoms with Gasteiger partial charge < -0.3 is 14.1 Å². The van der Waals surface area contributed by atoms with Gasteiger partial charge in [0, 0.05) is 41.3 Å². The van der Waals surface area contributed by atoms with Crippen LogP contribution >= 0.6 is 11.8 Å². The van der Waals surface area contributed by atoms with Crippen molar-refractivity contribution in [2.75, 3.05) is 26.3 Å². The second-order valence-electron chi connectivity index (χ2n) is 8.94. The Morgan fingerprint density at radius 2 is 1.72 bits per heavy atom. The first-order valence-corrected chi connectivity index (χ1v) is 14.7. The first-order chi connectivity index (χ1) is 19.0. The number of nitrogens with one attached hydrogen (secondary N) is 1. The Balaban J connectivity index is 1.29. The summed E-state index contributed by atoms with van der Waals surface area (Å²) in [6, 6.07) is 23.5. The number of hydrogen-bond acceptors (Lipinski definition) is 8. The summed E-state index contributed by atoms with van der Waals surface area (Å²) in [4.78, 5) is 17.1. The van der Waals surface area contributed by atoms with Crippen LogP contribution in [0.1, 0.15) is 21.2 Å². The summed E-state index contributed by atoms with van der Waals surface area (Å²) in [5.74, 6) is 0.0740. The largest absolute Gasteiger partial charge is 0.411 e. The number of morpholine rings is 1. The van der Waals surface area contributed by atoms with Crippen molar-refractivity contribution in [2.24, 2.45) is 0 Å². The lowest BCUT2D eigenvalue weighted by Crippen LogP contribution is -2.40. The molecular weight excluding hydrogens is 536 g/mol. The van der Waals surface area contributed by atoms with Gasteiger partial charge in [0.2, 0.25) is 15.9 Å². The van der Waals surface area contributed by atoms with Crippen molar-refractivity contribution in [2.45, 2.75) is 15.4 Å². The number of carbonyl (C=O) groups is 1. The van der Waals surface area contributed by atoms with Crippen molar-refractivity contribution >= 4 is 38.5 Å². The molecule has 3 heterocycles. The van der Waals surface area contributed by atoms with E-state index in [4.69, 9.17) is 9.15 Å². The fraction of sp³-hybridized carbons (Fsp3) is 0.179. The van der Waals surface area contributed by atoms with Crippen molar-refractivity contribution in [1.29, 1.82) is 0 Å². The molecule has 39 heavy (non-hydrogen) atoms. The Bertz CT molecular complexity index is 1730. The van der Waals surface area contributed by atoms with Gasteiger partial charge in [-0.25, -0.2) is 8.42 Å². The van der Waals surface area contributed by atoms with Crippen molar-refractivity contribution in [3.8, 4) is 11.5 Å². The van der Waals surface area contributed by atoms with Crippen molar-refractivity contribution in [3.63, 3.8) is 0 Å². The number of fused-ring (bicyclic) bond motifs is 1. The van der Waals surface area contributed by atoms with Crippen LogP contribution in [0.5, 0.6) is 0 Å². The van der Waals surface area contributed by atoms with Gasteiger partial charge in [-0.3, -0.25) is 4.79 Å². The van der Waals surface area contributed by atoms with E-state index in [0.717, 1.165) is 28.2 Å². The minimum Gasteiger partial charge on any atom is -0.411 e. The highest BCUT2D eigenvalue weighted by Crippen LogP contribution is 2.39. The minimum absolute atomic E-state index is 0.0954. The van der Waals surface area contributed by atoms with E-state index >= 15 is 0 Å². The molecule has 1 N–H and O–H groups in total. The number of carbonyl (C=O) groups excluding carboxylic acids is 1. The van der Waals surface area contributed by atoms with Crippen molar-refractivity contribution in [1.82, 2.24) is 19.5 Å². The van der Waals surface area contributed by atoms with Crippen LogP contribution in [0.3, 0.4) is 0 Å². The molecule has 0 amide bonds. The topological polar surface area (TPSA) is 118 Å². The first-order valence-electron chi connectivity index (χ1n) is 12.3. The van der Waals surface area contributed by atoms with E-state index in [9.17, 15) is 13.2 Å². The minimum atomic E-state index is -3.68. The van der Waals surface area contributed by atoms with Crippen LogP contribution in [0, 0.1) is 0 Å². The fourth-order valence-electron chi connectivity index (χ4n) is 4.52. The highest BCUT2D eigenvalue weighted by Gasteiger charge is 2.29. The maximum absolute atomic E-state index is 13.8. The number of nitrogens with zero attached hydrogens (tertiary/aromatic N) is 3. The summed E-state index contributed by atoms with van der Waals surface area (Å²) < 4.78 is 38.9. The summed E-state index contributed by atoms with van der Waals surface area (Å²) >= 11 is 1.16. The predicted molar refractivity (Wildman–Crippen MR) is 147 cm³/mol. The Morgan fingerprint density at radius 3 is 2.54 bits per heavy atom. The number of sulfonamides is 1. The molecule has 0 aliphatic carbocycles. The number of ketones is 1. The molecule has 0 saturated carbocycles. The van der Waals surface area contributed by atoms with Gasteiger partial charge in [0.15, 0.2) is 5.78 Å². The van der Waals surface area contributed by atoms with Crippen molar-refractivity contribution in [3.05, 3.63) is 96.2 Å². The molecule has 1 aliphatic rings. The van der Waals surface area contributed by atoms with Crippen molar-refractivity contribution < 1.29 is 22.4 Å². The van der Waals surface area contributed by atoms with Crippen LogP contribution in [0.4, 0.5) is 0 Å². The second-order valence-corrected chi connectivity index (χ2v) is 11.9. The molecule has 1 atom stereocenters. The lowest BCUT2D eigenvalue weighted by molar-refractivity contribution is 0.0730. The number of Topliss-reactive ketones (excluding diaryl/α,β-unsaturated/α-hetero) is 1. The lowest BCUT2D eigenvalue weighted by atomic mass is 10.0. The van der Waals surface area contributed by atoms with Crippen LogP contribution in [0.15, 0.2) is 99.6 Å². The monoisotopic (exact) mass is 560 g/mol. The normalized spacial score (nSPS) is 15.4. The first kappa shape index (κ1) is 25.5. The van der Waals surface area contributed by atoms with E-state index < -0.39 is 15.3 Å². The summed E-state index contributed by atoms with van der Waals surface area (Å²) in [7, 11) is -3.68. The molecule has 0 radical (unpaired) electrons. The number of para-hydroxylation sites is 1. The third kappa shape index (κ3) is 5.13. The fourth-order valence-corrected chi connectivity index (χ4v) is 6.92. The Morgan fingerprint density at radius 1 is 0.949 bits per heavy atom. The standard InChI is InChI=1S/C28H24N4O5S2/c33-25(23-18-29-24-12-5-4-11-22(23)24)26(19-7-2-1-3-8-19)38-28-31-30-27(37-28)20-9-6-10-21(17-20)39(34,35)32-13-15-36-16-14-32/h1-12,17-18,26,29H,13-16H2/t26-/m0/s1. The number of thioether (sulfide) groups is 1. The van der Waals surface area contributed by atoms with Gasteiger partial charge in [-0.1, -0.05) is 54.6 Å². The van der Waals surface area contributed by atoms with Gasteiger partial charge in [-0.2, -0.15) is 4.31 Å². The number of aromatic nitrogens is 3. The van der Waals surface area contributed by atoms with Gasteiger partial charge >= 0.3 is 0 Å². The smallest absolute Gasteiger partial charge is 0.277 e. The molecule has 11 heteroatoms. The predicted octanol–water partition coefficient (Wildman–Crippen LogP) is 4.96. The van der Waals surface area contributed by atoms with Crippen LogP contribution in [0.2, 0.25) is 0 Å². The number of hydrogen-bond donors (Lipinski definition) is 1. The SMILES string of the molecule is O=C(c1c[nH]c2ccccc12)[C@@H](Sc1nnc(-c2cccc(S(=O)(=O)N3CCOCC3)c2)o1)c1ccccc1. The van der Waals surface area contributed by atoms with Gasteiger partial charge in [0.25, 0.3) is 5.22 Å². The van der Waals surface area contributed by atoms with E-state index in [0.29, 0.717) is 37.4 Å². The number of H-pyrrole nitrogens is 1. The molecule has 9 nitrogen and oxygen atoms in total. The summed E-state index contributed by atoms with van der Waals surface area (Å²) in [5, 5.41) is 8.74. The summed E-state index contributed by atoms with van der Waals surface area (Å²) in [5.41, 5.74) is 2.73. The zero-order valence-corrected chi connectivity index (χ0v) is 22.3. The number of benzene rings is 3. The molecule has 3 aromatic carbocycles. The van der Waals surface area contributed by atoms with E-state index in [2.05, 4.69) is 15.2 Å². The van der Waals surface area contributed by atoms with Gasteiger partial charge in [-0.15, -0.1) is 10.2 Å². The molecular formula is C28H24N4O5S2. The van der Waals surface area contributed by atoms with E-state index in [-0.39, 0.29) is 21.8 Å². The van der Waals surface area contributed by atoms with E-state index in [1.807, 2.05) is 54.6 Å². The molecule has 198 valence electrons. The average Bonchev–Trinajstić information content (AvgIpc) is 3.64. The molecule has 2 aromatic heterocycles. The highest BCUT2D eigenvalue weighted by molar-refractivity contribution is 8.00. The molecule has 6 rings (SSSR count). The number of rotatable bonds is 8. The lowest BCUT2D eigenvalue weighted by Gasteiger charge is -2.26. The van der Waals surface area contributed by atoms with Crippen LogP contribution in [0.25, 0.3) is 22.4 Å². The molecule has 0 bridgehead atoms. The molecule has 1 saturated heterocycles. The van der Waals surface area contributed by atoms with Gasteiger partial charge in [0.1, 0.15) is 5.25 Å². The zero-order valence-electron chi connectivity index (χ0n) is 20.7. The highest BCUT2D eigenvalue weighted by atomic mass is 32.2. The third-order valence-corrected chi connectivity index (χ3v) is 9.49. The molecule has 5 aromatic rings. The quantitative estimate of drug-likeness (QED) is 0.209. The Hall–Kier alpha value is -3.77. The van der Waals surface area contributed by atoms with Crippen LogP contribution in [-0.2, 0) is 14.8 Å². The zero-order chi connectivity index (χ0) is 26.8. The van der Waals surface area contributed by atoms with E-state index in [1.165, 1.54) is 10.4 Å². The molecule has 1 fully saturated rings.